The standard InChI is InChI=1S/C73H114F8N12O14/c1-13-42(3)60-68(103)87(7)40-58(96)88(8)51-23-16-15-19-32-92(67(51)102)54(35-43-24-27-46(28-25-43)72(76,77)78)66(101)86(6)39-56(94)82-50(29-26-44-33-48(74)59(49(75)34-44)73(79,80)81)64(99)93-38-47(107-14-2)36-52(93)63(98)84-71(30-20-31-71)70(105)91(11)61(45-21-17-18-22-45)69(104)90(10)53(65(100)85(4)5)37-57(95)89(9)55(41-106-12)62(97)83-60/h42-55,59-61H,13-41H2,1-12H3,(H,82,94)(H,83,97)(H,84,98)/t42-,43?,44?,46?,47+,48?,49?,50-,51-,52-,53-,54-,55-,59?,60-,61-/m0/s1. The number of amides is 12. The number of carbonyl (C=O) groups is 12. The molecule has 0 aromatic rings. The summed E-state index contributed by atoms with van der Waals surface area (Å²) in [5.74, 6) is -17.0. The minimum Gasteiger partial charge on any atom is -0.382 e. The van der Waals surface area contributed by atoms with Crippen LogP contribution in [0, 0.1) is 35.5 Å². The number of ether oxygens (including phenoxy) is 2. The van der Waals surface area contributed by atoms with Crippen LogP contribution in [0.1, 0.15) is 168 Å². The highest BCUT2D eigenvalue weighted by Gasteiger charge is 2.56. The second-order valence-corrected chi connectivity index (χ2v) is 31.3. The van der Waals surface area contributed by atoms with Gasteiger partial charge in [0.25, 0.3) is 0 Å². The first-order chi connectivity index (χ1) is 50.2. The van der Waals surface area contributed by atoms with E-state index in [1.54, 1.807) is 20.8 Å². The molecule has 107 heavy (non-hydrogen) atoms. The number of rotatable bonds is 13. The number of fused-ring (bicyclic) bond motifs is 3. The lowest BCUT2D eigenvalue weighted by atomic mass is 9.74. The molecule has 0 aromatic carbocycles. The number of halogens is 8. The number of hydrogen-bond acceptors (Lipinski definition) is 14. The van der Waals surface area contributed by atoms with Crippen molar-refractivity contribution in [2.45, 2.75) is 253 Å². The highest BCUT2D eigenvalue weighted by atomic mass is 19.4. The van der Waals surface area contributed by atoms with Gasteiger partial charge in [0.2, 0.25) is 70.9 Å². The minimum absolute atomic E-state index is 0.00361. The molecule has 1 spiro atoms. The van der Waals surface area contributed by atoms with E-state index in [1.165, 1.54) is 78.2 Å². The third-order valence-electron chi connectivity index (χ3n) is 23.9. The van der Waals surface area contributed by atoms with Crippen molar-refractivity contribution in [2.24, 2.45) is 35.5 Å². The van der Waals surface area contributed by atoms with Gasteiger partial charge in [-0.15, -0.1) is 0 Å². The summed E-state index contributed by atoms with van der Waals surface area (Å²) in [5.41, 5.74) is -1.70. The van der Waals surface area contributed by atoms with Crippen molar-refractivity contribution >= 4 is 70.9 Å². The van der Waals surface area contributed by atoms with Crippen molar-refractivity contribution in [1.82, 2.24) is 60.0 Å². The van der Waals surface area contributed by atoms with E-state index < -0.39 is 236 Å². The summed E-state index contributed by atoms with van der Waals surface area (Å²) in [5, 5.41) is 8.31. The van der Waals surface area contributed by atoms with E-state index in [0.29, 0.717) is 57.8 Å². The zero-order chi connectivity index (χ0) is 79.5. The summed E-state index contributed by atoms with van der Waals surface area (Å²) < 4.78 is 127. The first-order valence-electron chi connectivity index (χ1n) is 38.0. The monoisotopic (exact) mass is 1530 g/mol. The van der Waals surface area contributed by atoms with Gasteiger partial charge in [-0.1, -0.05) is 46.0 Å². The Morgan fingerprint density at radius 3 is 1.79 bits per heavy atom. The summed E-state index contributed by atoms with van der Waals surface area (Å²) in [4.78, 5) is 190. The van der Waals surface area contributed by atoms with Gasteiger partial charge in [0, 0.05) is 89.6 Å². The van der Waals surface area contributed by atoms with Gasteiger partial charge in [-0.05, 0) is 133 Å². The maximum absolute atomic E-state index is 15.5. The molecule has 12 atom stereocenters. The normalized spacial score (nSPS) is 32.0. The molecule has 2 bridgehead atoms. The molecule has 0 aromatic heterocycles. The van der Waals surface area contributed by atoms with Crippen LogP contribution in [-0.4, -0.2) is 303 Å². The molecule has 3 aliphatic heterocycles. The zero-order valence-corrected chi connectivity index (χ0v) is 64.1. The Bertz CT molecular complexity index is 3140. The summed E-state index contributed by atoms with van der Waals surface area (Å²) in [7, 11) is 12.0. The Hall–Kier alpha value is -7.00. The van der Waals surface area contributed by atoms with Gasteiger partial charge in [-0.2, -0.15) is 26.3 Å². The summed E-state index contributed by atoms with van der Waals surface area (Å²) in [6, 6.07) is -11.6. The Morgan fingerprint density at radius 2 is 1.23 bits per heavy atom. The van der Waals surface area contributed by atoms with E-state index in [1.807, 2.05) is 0 Å². The summed E-state index contributed by atoms with van der Waals surface area (Å²) in [6.07, 6.45) is -15.5. The first kappa shape index (κ1) is 87.2. The molecule has 7 fully saturated rings. The quantitative estimate of drug-likeness (QED) is 0.201. The van der Waals surface area contributed by atoms with Crippen LogP contribution < -0.4 is 16.0 Å². The number of nitrogens with zero attached hydrogens (tertiary/aromatic N) is 9. The Labute approximate surface area is 622 Å². The van der Waals surface area contributed by atoms with E-state index in [4.69, 9.17) is 9.47 Å². The molecule has 3 saturated heterocycles. The molecule has 0 radical (unpaired) electrons. The third kappa shape index (κ3) is 21.1. The molecule has 26 nitrogen and oxygen atoms in total. The van der Waals surface area contributed by atoms with Gasteiger partial charge in [-0.3, -0.25) is 57.5 Å². The molecular weight excluding hydrogens is 1420 g/mol. The van der Waals surface area contributed by atoms with Crippen molar-refractivity contribution in [1.29, 1.82) is 0 Å². The maximum Gasteiger partial charge on any atom is 0.397 e. The molecule has 12 amide bonds. The fourth-order valence-electron chi connectivity index (χ4n) is 16.9. The third-order valence-corrected chi connectivity index (χ3v) is 23.9. The predicted molar refractivity (Wildman–Crippen MR) is 374 cm³/mol. The molecule has 3 N–H and O–H groups in total. The molecule has 606 valence electrons. The number of nitrogens with one attached hydrogen (secondary N) is 3. The Kier molecular flexibility index (Phi) is 30.7. The average molecular weight is 1540 g/mol. The Balaban J connectivity index is 1.32. The molecule has 3 heterocycles. The molecule has 4 aliphatic carbocycles. The lowest BCUT2D eigenvalue weighted by molar-refractivity contribution is -0.219. The van der Waals surface area contributed by atoms with Crippen LogP contribution in [0.15, 0.2) is 0 Å². The van der Waals surface area contributed by atoms with Crippen LogP contribution in [-0.2, 0) is 67.0 Å². The minimum atomic E-state index is -5.22. The lowest BCUT2D eigenvalue weighted by Gasteiger charge is -2.46. The van der Waals surface area contributed by atoms with Crippen molar-refractivity contribution in [3.63, 3.8) is 0 Å². The number of carbonyl (C=O) groups excluding carboxylic acids is 12. The zero-order valence-electron chi connectivity index (χ0n) is 64.1. The van der Waals surface area contributed by atoms with Crippen LogP contribution in [0.4, 0.5) is 35.1 Å². The van der Waals surface area contributed by atoms with Crippen LogP contribution in [0.2, 0.25) is 0 Å². The topological polar surface area (TPSA) is 289 Å². The molecular formula is C73H114F8N12O14. The summed E-state index contributed by atoms with van der Waals surface area (Å²) >= 11 is 0. The fraction of sp³-hybridized carbons (Fsp3) is 0.836. The van der Waals surface area contributed by atoms with E-state index in [-0.39, 0.29) is 83.9 Å². The van der Waals surface area contributed by atoms with E-state index in [0.717, 1.165) is 29.4 Å². The number of hydrogen-bond donors (Lipinski definition) is 3. The second kappa shape index (κ2) is 37.6. The van der Waals surface area contributed by atoms with Crippen LogP contribution in [0.25, 0.3) is 0 Å². The largest absolute Gasteiger partial charge is 0.397 e. The molecule has 7 rings (SSSR count). The van der Waals surface area contributed by atoms with E-state index >= 15 is 37.5 Å². The van der Waals surface area contributed by atoms with Gasteiger partial charge >= 0.3 is 12.4 Å². The van der Waals surface area contributed by atoms with Gasteiger partial charge in [0.1, 0.15) is 72.1 Å². The second-order valence-electron chi connectivity index (χ2n) is 31.3. The highest BCUT2D eigenvalue weighted by Crippen LogP contribution is 2.46. The molecule has 7 aliphatic rings. The molecule has 4 saturated carbocycles. The number of alkyl halides is 8. The molecule has 34 heteroatoms. The van der Waals surface area contributed by atoms with Crippen molar-refractivity contribution in [3.05, 3.63) is 0 Å². The van der Waals surface area contributed by atoms with Crippen LogP contribution in [0.5, 0.6) is 0 Å². The van der Waals surface area contributed by atoms with Crippen LogP contribution >= 0.6 is 0 Å². The van der Waals surface area contributed by atoms with Gasteiger partial charge in [0.15, 0.2) is 0 Å². The number of likely N-dealkylation sites (N-methyl/N-ethyl adjacent to an activating group) is 7. The van der Waals surface area contributed by atoms with E-state index in [2.05, 4.69) is 16.0 Å². The fourth-order valence-corrected chi connectivity index (χ4v) is 16.9. The Morgan fingerprint density at radius 1 is 0.617 bits per heavy atom. The highest BCUT2D eigenvalue weighted by molar-refractivity contribution is 6.01. The van der Waals surface area contributed by atoms with Gasteiger partial charge < -0.3 is 69.5 Å². The molecule has 2 unspecified atom stereocenters. The average Bonchev–Trinajstić information content (AvgIpc) is 1.71. The van der Waals surface area contributed by atoms with Gasteiger partial charge in [-0.25, -0.2) is 8.78 Å². The first-order valence-corrected chi connectivity index (χ1v) is 38.0. The van der Waals surface area contributed by atoms with Crippen LogP contribution in [0.3, 0.4) is 0 Å². The summed E-state index contributed by atoms with van der Waals surface area (Å²) in [6.45, 7) is 2.85. The lowest BCUT2D eigenvalue weighted by Crippen LogP contribution is -2.68. The maximum atomic E-state index is 15.5. The SMILES string of the molecule is CCO[C@@H]1C[C@H]2C(=O)NC3(CCC3)C(=O)N(C)[C@@H](C3CCCC3)C(=O)N(C)[C@H](C(=O)N(C)C)CC(=O)N(C)[C@@H](COC)C(=O)N[C@@H]([C@@H](C)CC)C(=O)N(C)CC(=O)N(C)[C@H]3CCCCCN(C3=O)[C@@H](CC3CCC(C(F)(F)F)CC3)C(=O)N(C)CC(=O)N[C@@H](CCC3CC(F)C(C(F)(F)F)C(F)C3)C(=O)N2C1. The van der Waals surface area contributed by atoms with E-state index in [9.17, 15) is 55.1 Å². The predicted octanol–water partition coefficient (Wildman–Crippen LogP) is 5.18. The van der Waals surface area contributed by atoms with Gasteiger partial charge in [0.05, 0.1) is 38.1 Å². The van der Waals surface area contributed by atoms with Crippen molar-refractivity contribution in [3.8, 4) is 0 Å². The smallest absolute Gasteiger partial charge is 0.382 e. The van der Waals surface area contributed by atoms with Crippen molar-refractivity contribution < 1.29 is 102 Å². The number of methoxy groups -OCH3 is 1. The van der Waals surface area contributed by atoms with Crippen molar-refractivity contribution in [2.75, 3.05) is 103 Å².